The Labute approximate surface area is 126 Å². The van der Waals surface area contributed by atoms with Crippen molar-refractivity contribution in [1.29, 1.82) is 0 Å². The molecule has 0 bridgehead atoms. The van der Waals surface area contributed by atoms with E-state index in [0.717, 1.165) is 4.58 Å². The van der Waals surface area contributed by atoms with Crippen LogP contribution in [0.5, 0.6) is 0 Å². The standard InChI is InChI=1S/C14H34S2Si2/c1-14(15-10-8-12-17(2,3)4)16-11-9-13-18(5,6)7/h14H,8-13H2,1-7H3. The first-order valence-electron chi connectivity index (χ1n) is 7.33. The zero-order valence-corrected chi connectivity index (χ0v) is 17.3. The lowest BCUT2D eigenvalue weighted by atomic mass is 10.6. The van der Waals surface area contributed by atoms with Crippen LogP contribution >= 0.6 is 23.5 Å². The summed E-state index contributed by atoms with van der Waals surface area (Å²) in [5, 5.41) is 0. The second-order valence-corrected chi connectivity index (χ2v) is 22.1. The van der Waals surface area contributed by atoms with Gasteiger partial charge in [0, 0.05) is 20.7 Å². The predicted octanol–water partition coefficient (Wildman–Crippen LogP) is 6.26. The van der Waals surface area contributed by atoms with Gasteiger partial charge in [0.2, 0.25) is 0 Å². The van der Waals surface area contributed by atoms with E-state index >= 15 is 0 Å². The number of rotatable bonds is 10. The highest BCUT2D eigenvalue weighted by Crippen LogP contribution is 2.26. The van der Waals surface area contributed by atoms with Crippen molar-refractivity contribution < 1.29 is 0 Å². The Bertz CT molecular complexity index is 185. The molecule has 0 rings (SSSR count). The van der Waals surface area contributed by atoms with Crippen molar-refractivity contribution in [1.82, 2.24) is 0 Å². The lowest BCUT2D eigenvalue weighted by molar-refractivity contribution is 1.05. The summed E-state index contributed by atoms with van der Waals surface area (Å²) in [7, 11) is -1.59. The van der Waals surface area contributed by atoms with E-state index in [-0.39, 0.29) is 0 Å². The molecule has 0 aliphatic rings. The maximum absolute atomic E-state index is 2.48. The minimum atomic E-state index is -0.797. The molecule has 0 saturated heterocycles. The second kappa shape index (κ2) is 9.14. The van der Waals surface area contributed by atoms with Crippen LogP contribution in [0, 0.1) is 0 Å². The number of thioether (sulfide) groups is 2. The van der Waals surface area contributed by atoms with Crippen LogP contribution in [0.25, 0.3) is 0 Å². The van der Waals surface area contributed by atoms with Gasteiger partial charge in [-0.15, -0.1) is 23.5 Å². The first-order valence-corrected chi connectivity index (χ1v) is 16.8. The summed E-state index contributed by atoms with van der Waals surface area (Å²) in [6, 6.07) is 2.99. The third-order valence-corrected chi connectivity index (χ3v) is 9.36. The van der Waals surface area contributed by atoms with Gasteiger partial charge >= 0.3 is 0 Å². The molecule has 0 atom stereocenters. The topological polar surface area (TPSA) is 0 Å². The minimum Gasteiger partial charge on any atom is -0.148 e. The highest BCUT2D eigenvalue weighted by Gasteiger charge is 2.13. The smallest absolute Gasteiger partial charge is 0.0474 e. The lowest BCUT2D eigenvalue weighted by Crippen LogP contribution is -2.19. The van der Waals surface area contributed by atoms with E-state index in [1.807, 2.05) is 0 Å². The normalized spacial score (nSPS) is 13.3. The highest BCUT2D eigenvalue weighted by molar-refractivity contribution is 8.16. The van der Waals surface area contributed by atoms with Crippen LogP contribution in [0.15, 0.2) is 0 Å². The maximum atomic E-state index is 2.48. The fourth-order valence-electron chi connectivity index (χ4n) is 1.75. The van der Waals surface area contributed by atoms with Crippen LogP contribution in [0.4, 0.5) is 0 Å². The molecule has 0 N–H and O–H groups in total. The van der Waals surface area contributed by atoms with E-state index in [9.17, 15) is 0 Å². The van der Waals surface area contributed by atoms with Crippen LogP contribution in [0.1, 0.15) is 19.8 Å². The van der Waals surface area contributed by atoms with E-state index < -0.39 is 16.1 Å². The van der Waals surface area contributed by atoms with Crippen molar-refractivity contribution in [2.45, 2.75) is 75.7 Å². The Morgan fingerprint density at radius 2 is 1.06 bits per heavy atom. The molecular formula is C14H34S2Si2. The van der Waals surface area contributed by atoms with Gasteiger partial charge < -0.3 is 0 Å². The van der Waals surface area contributed by atoms with Gasteiger partial charge in [0.05, 0.1) is 0 Å². The minimum absolute atomic E-state index is 0.797. The average molecular weight is 323 g/mol. The molecule has 0 radical (unpaired) electrons. The Morgan fingerprint density at radius 1 is 0.722 bits per heavy atom. The van der Waals surface area contributed by atoms with E-state index in [4.69, 9.17) is 0 Å². The van der Waals surface area contributed by atoms with Gasteiger partial charge in [-0.25, -0.2) is 0 Å². The van der Waals surface area contributed by atoms with Crippen molar-refractivity contribution >= 4 is 39.7 Å². The zero-order chi connectivity index (χ0) is 14.2. The summed E-state index contributed by atoms with van der Waals surface area (Å²) >= 11 is 4.34. The zero-order valence-electron chi connectivity index (χ0n) is 13.6. The molecule has 0 unspecified atom stereocenters. The molecule has 4 heteroatoms. The largest absolute Gasteiger partial charge is 0.148 e. The highest BCUT2D eigenvalue weighted by atomic mass is 32.2. The molecule has 0 fully saturated rings. The third-order valence-electron chi connectivity index (χ3n) is 2.85. The summed E-state index contributed by atoms with van der Waals surface area (Å²) in [5.74, 6) is 2.74. The first-order chi connectivity index (χ1) is 8.10. The van der Waals surface area contributed by atoms with Gasteiger partial charge in [0.1, 0.15) is 0 Å². The molecule has 0 amide bonds. The van der Waals surface area contributed by atoms with Crippen LogP contribution < -0.4 is 0 Å². The van der Waals surface area contributed by atoms with Crippen LogP contribution in [-0.4, -0.2) is 32.2 Å². The van der Waals surface area contributed by atoms with Crippen LogP contribution in [0.3, 0.4) is 0 Å². The summed E-state index contributed by atoms with van der Waals surface area (Å²) in [6.45, 7) is 17.3. The monoisotopic (exact) mass is 322 g/mol. The number of hydrogen-bond donors (Lipinski definition) is 0. The number of hydrogen-bond acceptors (Lipinski definition) is 2. The van der Waals surface area contributed by atoms with E-state index in [1.54, 1.807) is 0 Å². The SMILES string of the molecule is CC(SCCC[Si](C)(C)C)SCCC[Si](C)(C)C. The molecule has 18 heavy (non-hydrogen) atoms. The quantitative estimate of drug-likeness (QED) is 0.265. The average Bonchev–Trinajstić information content (AvgIpc) is 2.17. The second-order valence-electron chi connectivity index (χ2n) is 7.64. The fourth-order valence-corrected chi connectivity index (χ4v) is 6.99. The van der Waals surface area contributed by atoms with E-state index in [2.05, 4.69) is 69.7 Å². The molecule has 0 aromatic heterocycles. The van der Waals surface area contributed by atoms with Gasteiger partial charge in [-0.05, 0) is 31.3 Å². The van der Waals surface area contributed by atoms with Gasteiger partial charge in [0.15, 0.2) is 0 Å². The van der Waals surface area contributed by atoms with Crippen molar-refractivity contribution in [3.63, 3.8) is 0 Å². The Morgan fingerprint density at radius 3 is 1.33 bits per heavy atom. The Kier molecular flexibility index (Phi) is 9.72. The molecule has 0 aromatic carbocycles. The van der Waals surface area contributed by atoms with Gasteiger partial charge in [-0.3, -0.25) is 0 Å². The molecule has 110 valence electrons. The predicted molar refractivity (Wildman–Crippen MR) is 99.9 cm³/mol. The van der Waals surface area contributed by atoms with Crippen molar-refractivity contribution in [2.75, 3.05) is 11.5 Å². The summed E-state index contributed by atoms with van der Waals surface area (Å²) in [4.78, 5) is 0. The molecule has 0 aromatic rings. The summed E-state index contributed by atoms with van der Waals surface area (Å²) < 4.78 is 0.799. The summed E-state index contributed by atoms with van der Waals surface area (Å²) in [6.07, 6.45) is 2.86. The molecule has 0 saturated carbocycles. The third kappa shape index (κ3) is 15.2. The van der Waals surface area contributed by atoms with Crippen molar-refractivity contribution in [3.05, 3.63) is 0 Å². The van der Waals surface area contributed by atoms with Crippen molar-refractivity contribution in [3.8, 4) is 0 Å². The first kappa shape index (κ1) is 19.1. The Hall–Kier alpha value is 1.13. The molecule has 0 heterocycles. The van der Waals surface area contributed by atoms with E-state index in [1.165, 1.54) is 36.4 Å². The lowest BCUT2D eigenvalue weighted by Gasteiger charge is -2.17. The van der Waals surface area contributed by atoms with Crippen LogP contribution in [0.2, 0.25) is 51.4 Å². The van der Waals surface area contributed by atoms with Crippen molar-refractivity contribution in [2.24, 2.45) is 0 Å². The molecule has 0 nitrogen and oxygen atoms in total. The molecule has 0 spiro atoms. The molecule has 0 aliphatic carbocycles. The maximum Gasteiger partial charge on any atom is 0.0474 e. The molecule has 0 aliphatic heterocycles. The van der Waals surface area contributed by atoms with E-state index in [0.29, 0.717) is 0 Å². The fraction of sp³-hybridized carbons (Fsp3) is 1.00. The van der Waals surface area contributed by atoms with Crippen LogP contribution in [-0.2, 0) is 0 Å². The van der Waals surface area contributed by atoms with Gasteiger partial charge in [0.25, 0.3) is 0 Å². The Balaban J connectivity index is 3.41. The van der Waals surface area contributed by atoms with Gasteiger partial charge in [-0.2, -0.15) is 0 Å². The molecular weight excluding hydrogens is 288 g/mol. The summed E-state index contributed by atoms with van der Waals surface area (Å²) in [5.41, 5.74) is 0. The van der Waals surface area contributed by atoms with Gasteiger partial charge in [-0.1, -0.05) is 51.4 Å².